The zero-order valence-corrected chi connectivity index (χ0v) is 11.3. The lowest BCUT2D eigenvalue weighted by atomic mass is 10.2. The number of aliphatic hydroxyl groups excluding tert-OH is 1. The molecule has 1 heterocycles. The van der Waals surface area contributed by atoms with Gasteiger partial charge in [0.2, 0.25) is 0 Å². The quantitative estimate of drug-likeness (QED) is 0.848. The second-order valence-corrected chi connectivity index (χ2v) is 4.37. The summed E-state index contributed by atoms with van der Waals surface area (Å²) in [6, 6.07) is 3.18. The van der Waals surface area contributed by atoms with E-state index in [0.29, 0.717) is 5.56 Å². The number of nitriles is 1. The summed E-state index contributed by atoms with van der Waals surface area (Å²) < 4.78 is 27.3. The van der Waals surface area contributed by atoms with Gasteiger partial charge in [0.25, 0.3) is 0 Å². The molecule has 0 aliphatic heterocycles. The van der Waals surface area contributed by atoms with Gasteiger partial charge >= 0.3 is 0 Å². The van der Waals surface area contributed by atoms with Gasteiger partial charge in [0.1, 0.15) is 35.0 Å². The van der Waals surface area contributed by atoms with E-state index >= 15 is 0 Å². The number of hydrogen-bond donors (Lipinski definition) is 2. The van der Waals surface area contributed by atoms with Crippen LogP contribution in [-0.4, -0.2) is 21.7 Å². The van der Waals surface area contributed by atoms with Crippen molar-refractivity contribution in [2.45, 2.75) is 6.42 Å². The second kappa shape index (κ2) is 6.43. The van der Waals surface area contributed by atoms with Crippen molar-refractivity contribution in [2.24, 2.45) is 0 Å². The molecule has 0 amide bonds. The first-order chi connectivity index (χ1) is 10.1. The van der Waals surface area contributed by atoms with Gasteiger partial charge in [-0.05, 0) is 6.07 Å². The highest BCUT2D eigenvalue weighted by Crippen LogP contribution is 2.26. The first kappa shape index (κ1) is 15.1. The van der Waals surface area contributed by atoms with Gasteiger partial charge in [0, 0.05) is 24.7 Å². The molecule has 1 aromatic carbocycles. The van der Waals surface area contributed by atoms with E-state index in [1.807, 2.05) is 0 Å². The van der Waals surface area contributed by atoms with Crippen molar-refractivity contribution in [3.8, 4) is 6.07 Å². The highest BCUT2D eigenvalue weighted by Gasteiger charge is 2.14. The van der Waals surface area contributed by atoms with Crippen LogP contribution < -0.4 is 5.32 Å². The Morgan fingerprint density at radius 3 is 2.71 bits per heavy atom. The van der Waals surface area contributed by atoms with Gasteiger partial charge in [-0.15, -0.1) is 0 Å². The predicted octanol–water partition coefficient (Wildman–Crippen LogP) is 2.56. The molecule has 2 N–H and O–H groups in total. The summed E-state index contributed by atoms with van der Waals surface area (Å²) in [7, 11) is 0. The number of benzene rings is 1. The zero-order chi connectivity index (χ0) is 15.4. The molecule has 0 aliphatic rings. The molecular formula is C13H9ClF2N4O. The molecule has 0 bridgehead atoms. The van der Waals surface area contributed by atoms with Gasteiger partial charge in [-0.1, -0.05) is 11.6 Å². The van der Waals surface area contributed by atoms with E-state index in [-0.39, 0.29) is 29.7 Å². The molecule has 0 saturated heterocycles. The summed E-state index contributed by atoms with van der Waals surface area (Å²) in [5.74, 6) is -1.50. The third-order valence-electron chi connectivity index (χ3n) is 2.68. The van der Waals surface area contributed by atoms with Gasteiger partial charge in [-0.2, -0.15) is 5.26 Å². The third-order valence-corrected chi connectivity index (χ3v) is 3.01. The summed E-state index contributed by atoms with van der Waals surface area (Å²) in [6.45, 7) is -0.202. The highest BCUT2D eigenvalue weighted by atomic mass is 35.5. The normalized spacial score (nSPS) is 10.2. The Labute approximate surface area is 123 Å². The summed E-state index contributed by atoms with van der Waals surface area (Å²) >= 11 is 5.88. The number of anilines is 2. The molecule has 21 heavy (non-hydrogen) atoms. The van der Waals surface area contributed by atoms with Crippen LogP contribution >= 0.6 is 11.6 Å². The van der Waals surface area contributed by atoms with Crippen molar-refractivity contribution >= 4 is 23.1 Å². The maximum atomic E-state index is 13.8. The highest BCUT2D eigenvalue weighted by molar-refractivity contribution is 6.30. The van der Waals surface area contributed by atoms with Crippen LogP contribution in [0.3, 0.4) is 0 Å². The van der Waals surface area contributed by atoms with E-state index in [9.17, 15) is 8.78 Å². The van der Waals surface area contributed by atoms with Crippen LogP contribution in [0.1, 0.15) is 11.1 Å². The van der Waals surface area contributed by atoms with Crippen LogP contribution in [0, 0.1) is 23.0 Å². The molecule has 2 aromatic rings. The van der Waals surface area contributed by atoms with E-state index in [1.165, 1.54) is 0 Å². The number of aromatic nitrogens is 2. The molecule has 0 saturated carbocycles. The van der Waals surface area contributed by atoms with E-state index in [2.05, 4.69) is 15.3 Å². The lowest BCUT2D eigenvalue weighted by Crippen LogP contribution is -2.05. The van der Waals surface area contributed by atoms with Gasteiger partial charge in [-0.3, -0.25) is 0 Å². The molecule has 1 aromatic heterocycles. The van der Waals surface area contributed by atoms with Crippen molar-refractivity contribution in [3.63, 3.8) is 0 Å². The fraction of sp³-hybridized carbons (Fsp3) is 0.154. The molecule has 0 spiro atoms. The smallest absolute Gasteiger partial charge is 0.148 e. The molecule has 0 atom stereocenters. The molecule has 2 rings (SSSR count). The lowest BCUT2D eigenvalue weighted by Gasteiger charge is -2.12. The Morgan fingerprint density at radius 1 is 1.29 bits per heavy atom. The van der Waals surface area contributed by atoms with Crippen LogP contribution in [0.25, 0.3) is 0 Å². The molecular weight excluding hydrogens is 302 g/mol. The number of aliphatic hydroxyl groups is 1. The minimum Gasteiger partial charge on any atom is -0.396 e. The van der Waals surface area contributed by atoms with Crippen LogP contribution in [0.5, 0.6) is 0 Å². The van der Waals surface area contributed by atoms with Gasteiger partial charge in [-0.25, -0.2) is 18.7 Å². The number of hydrogen-bond acceptors (Lipinski definition) is 5. The van der Waals surface area contributed by atoms with Crippen LogP contribution in [-0.2, 0) is 6.42 Å². The summed E-state index contributed by atoms with van der Waals surface area (Å²) in [5, 5.41) is 20.3. The molecule has 0 fully saturated rings. The molecule has 108 valence electrons. The zero-order valence-electron chi connectivity index (χ0n) is 10.6. The molecule has 0 unspecified atom stereocenters. The number of rotatable bonds is 4. The van der Waals surface area contributed by atoms with E-state index in [4.69, 9.17) is 22.0 Å². The fourth-order valence-electron chi connectivity index (χ4n) is 1.69. The maximum Gasteiger partial charge on any atom is 0.148 e. The molecule has 0 aliphatic carbocycles. The van der Waals surface area contributed by atoms with Gasteiger partial charge < -0.3 is 10.4 Å². The Bertz CT molecular complexity index is 718. The first-order valence-electron chi connectivity index (χ1n) is 5.83. The van der Waals surface area contributed by atoms with Crippen LogP contribution in [0.2, 0.25) is 5.15 Å². The largest absolute Gasteiger partial charge is 0.396 e. The lowest BCUT2D eigenvalue weighted by molar-refractivity contribution is 0.299. The van der Waals surface area contributed by atoms with E-state index < -0.39 is 17.2 Å². The van der Waals surface area contributed by atoms with Gasteiger partial charge in [0.15, 0.2) is 0 Å². The molecule has 8 heteroatoms. The maximum absolute atomic E-state index is 13.8. The van der Waals surface area contributed by atoms with Crippen molar-refractivity contribution in [2.75, 3.05) is 11.9 Å². The number of nitrogens with one attached hydrogen (secondary N) is 1. The standard InChI is InChI=1S/C13H9ClF2N4O/c14-12-8(1-2-21)13(19-6-18-12)20-11-4-9(15)7(5-17)3-10(11)16/h3-4,6,21H,1-2H2,(H,18,19,20). The second-order valence-electron chi connectivity index (χ2n) is 4.01. The Hall–Kier alpha value is -2.30. The number of halogens is 3. The third kappa shape index (κ3) is 3.24. The SMILES string of the molecule is N#Cc1cc(F)c(Nc2ncnc(Cl)c2CCO)cc1F. The Kier molecular flexibility index (Phi) is 4.62. The van der Waals surface area contributed by atoms with Crippen molar-refractivity contribution in [1.29, 1.82) is 5.26 Å². The van der Waals surface area contributed by atoms with Crippen molar-refractivity contribution in [3.05, 3.63) is 46.4 Å². The molecule has 5 nitrogen and oxygen atoms in total. The summed E-state index contributed by atoms with van der Waals surface area (Å²) in [4.78, 5) is 7.65. The Morgan fingerprint density at radius 2 is 2.05 bits per heavy atom. The topological polar surface area (TPSA) is 81.8 Å². The van der Waals surface area contributed by atoms with Crippen LogP contribution in [0.15, 0.2) is 18.5 Å². The minimum atomic E-state index is -0.856. The van der Waals surface area contributed by atoms with Crippen molar-refractivity contribution < 1.29 is 13.9 Å². The van der Waals surface area contributed by atoms with E-state index in [1.54, 1.807) is 6.07 Å². The minimum absolute atomic E-state index is 0.107. The van der Waals surface area contributed by atoms with E-state index in [0.717, 1.165) is 18.5 Å². The first-order valence-corrected chi connectivity index (χ1v) is 6.21. The van der Waals surface area contributed by atoms with Crippen molar-refractivity contribution in [1.82, 2.24) is 9.97 Å². The monoisotopic (exact) mass is 310 g/mol. The fourth-order valence-corrected chi connectivity index (χ4v) is 1.92. The predicted molar refractivity (Wildman–Crippen MR) is 72.2 cm³/mol. The number of nitrogens with zero attached hydrogens (tertiary/aromatic N) is 3. The Balaban J connectivity index is 2.42. The molecule has 0 radical (unpaired) electrons. The van der Waals surface area contributed by atoms with Gasteiger partial charge in [0.05, 0.1) is 11.3 Å². The summed E-state index contributed by atoms with van der Waals surface area (Å²) in [6.07, 6.45) is 1.31. The van der Waals surface area contributed by atoms with Crippen LogP contribution in [0.4, 0.5) is 20.3 Å². The average molecular weight is 311 g/mol. The summed E-state index contributed by atoms with van der Waals surface area (Å²) in [5.41, 5.74) is -0.208. The average Bonchev–Trinajstić information content (AvgIpc) is 2.46.